The topological polar surface area (TPSA) is 58.6 Å². The molecule has 6 heteroatoms. The molecule has 0 aliphatic carbocycles. The van der Waals surface area contributed by atoms with Crippen LogP contribution in [0.4, 0.5) is 5.69 Å². The summed E-state index contributed by atoms with van der Waals surface area (Å²) in [5, 5.41) is 2.82. The minimum absolute atomic E-state index is 0.0794. The number of carbonyl (C=O) groups excluding carboxylic acids is 2. The largest absolute Gasteiger partial charge is 0.468 e. The van der Waals surface area contributed by atoms with Crippen LogP contribution in [-0.2, 0) is 14.3 Å². The molecule has 1 rings (SSSR count). The first-order chi connectivity index (χ1) is 9.42. The molecular weight excluding hydrogens is 371 g/mol. The van der Waals surface area contributed by atoms with Crippen molar-refractivity contribution in [1.29, 1.82) is 0 Å². The lowest BCUT2D eigenvalue weighted by molar-refractivity contribution is -0.142. The fraction of sp³-hybridized carbons (Fsp3) is 0.429. The van der Waals surface area contributed by atoms with Crippen LogP contribution >= 0.6 is 22.6 Å². The Bertz CT molecular complexity index is 477. The highest BCUT2D eigenvalue weighted by atomic mass is 127. The van der Waals surface area contributed by atoms with E-state index in [0.29, 0.717) is 0 Å². The van der Waals surface area contributed by atoms with E-state index >= 15 is 0 Å². The molecule has 0 aliphatic heterocycles. The maximum atomic E-state index is 12.0. The molecule has 0 saturated carbocycles. The Morgan fingerprint density at radius 1 is 1.35 bits per heavy atom. The highest BCUT2D eigenvalue weighted by Crippen LogP contribution is 2.12. The van der Waals surface area contributed by atoms with Crippen LogP contribution in [0, 0.1) is 3.57 Å². The third-order valence-corrected chi connectivity index (χ3v) is 3.42. The summed E-state index contributed by atoms with van der Waals surface area (Å²) in [7, 11) is 1.34. The molecule has 1 amide bonds. The number of amides is 1. The monoisotopic (exact) mass is 390 g/mol. The van der Waals surface area contributed by atoms with Gasteiger partial charge in [-0.2, -0.15) is 0 Å². The maximum absolute atomic E-state index is 12.0. The second kappa shape index (κ2) is 8.21. The molecule has 0 spiro atoms. The number of rotatable bonds is 6. The third-order valence-electron chi connectivity index (χ3n) is 2.75. The van der Waals surface area contributed by atoms with Gasteiger partial charge < -0.3 is 10.1 Å². The molecule has 110 valence electrons. The molecule has 20 heavy (non-hydrogen) atoms. The summed E-state index contributed by atoms with van der Waals surface area (Å²) >= 11 is 2.19. The molecule has 0 atom stereocenters. The number of hydrogen-bond donors (Lipinski definition) is 1. The van der Waals surface area contributed by atoms with E-state index in [1.807, 2.05) is 38.1 Å². The molecule has 1 aromatic rings. The molecule has 0 radical (unpaired) electrons. The average Bonchev–Trinajstić information content (AvgIpc) is 2.37. The Balaban J connectivity index is 2.60. The number of hydrogen-bond acceptors (Lipinski definition) is 4. The minimum atomic E-state index is -0.347. The van der Waals surface area contributed by atoms with E-state index in [1.54, 1.807) is 4.90 Å². The maximum Gasteiger partial charge on any atom is 0.319 e. The Hall–Kier alpha value is -1.15. The highest BCUT2D eigenvalue weighted by Gasteiger charge is 2.17. The average molecular weight is 390 g/mol. The third kappa shape index (κ3) is 5.87. The van der Waals surface area contributed by atoms with Crippen molar-refractivity contribution in [1.82, 2.24) is 4.90 Å². The standard InChI is InChI=1S/C14H19IN2O3/c1-10(2)17(9-14(19)20-3)8-13(18)16-12-6-4-5-11(15)7-12/h4-7,10H,8-9H2,1-3H3,(H,16,18). The number of methoxy groups -OCH3 is 1. The summed E-state index contributed by atoms with van der Waals surface area (Å²) in [5.41, 5.74) is 0.753. The zero-order valence-corrected chi connectivity index (χ0v) is 14.0. The van der Waals surface area contributed by atoms with Crippen LogP contribution in [0.2, 0.25) is 0 Å². The number of nitrogens with one attached hydrogen (secondary N) is 1. The van der Waals surface area contributed by atoms with E-state index in [-0.39, 0.29) is 31.0 Å². The fourth-order valence-electron chi connectivity index (χ4n) is 1.60. The molecule has 0 bridgehead atoms. The quantitative estimate of drug-likeness (QED) is 0.597. The Morgan fingerprint density at radius 3 is 2.60 bits per heavy atom. The molecule has 0 unspecified atom stereocenters. The Morgan fingerprint density at radius 2 is 2.05 bits per heavy atom. The van der Waals surface area contributed by atoms with Gasteiger partial charge in [0, 0.05) is 15.3 Å². The molecular formula is C14H19IN2O3. The number of halogens is 1. The smallest absolute Gasteiger partial charge is 0.319 e. The van der Waals surface area contributed by atoms with Crippen LogP contribution in [-0.4, -0.2) is 43.0 Å². The van der Waals surface area contributed by atoms with Gasteiger partial charge in [-0.3, -0.25) is 14.5 Å². The lowest BCUT2D eigenvalue weighted by Gasteiger charge is -2.24. The number of carbonyl (C=O) groups is 2. The summed E-state index contributed by atoms with van der Waals surface area (Å²) in [6, 6.07) is 7.63. The molecule has 0 aromatic heterocycles. The van der Waals surface area contributed by atoms with Gasteiger partial charge in [0.2, 0.25) is 5.91 Å². The van der Waals surface area contributed by atoms with E-state index < -0.39 is 0 Å². The van der Waals surface area contributed by atoms with Gasteiger partial charge in [0.1, 0.15) is 0 Å². The number of esters is 1. The molecule has 0 aliphatic rings. The molecule has 1 aromatic carbocycles. The van der Waals surface area contributed by atoms with Crippen molar-refractivity contribution in [2.75, 3.05) is 25.5 Å². The zero-order valence-electron chi connectivity index (χ0n) is 11.9. The SMILES string of the molecule is COC(=O)CN(CC(=O)Nc1cccc(I)c1)C(C)C. The summed E-state index contributed by atoms with van der Waals surface area (Å²) < 4.78 is 5.68. The lowest BCUT2D eigenvalue weighted by Crippen LogP contribution is -2.41. The van der Waals surface area contributed by atoms with E-state index in [0.717, 1.165) is 9.26 Å². The van der Waals surface area contributed by atoms with Crippen LogP contribution in [0.3, 0.4) is 0 Å². The first-order valence-corrected chi connectivity index (χ1v) is 7.36. The van der Waals surface area contributed by atoms with Crippen LogP contribution in [0.15, 0.2) is 24.3 Å². The Kier molecular flexibility index (Phi) is 6.94. The highest BCUT2D eigenvalue weighted by molar-refractivity contribution is 14.1. The predicted molar refractivity (Wildman–Crippen MR) is 86.5 cm³/mol. The summed E-state index contributed by atoms with van der Waals surface area (Å²) in [5.74, 6) is -0.495. The summed E-state index contributed by atoms with van der Waals surface area (Å²) in [4.78, 5) is 25.1. The predicted octanol–water partition coefficient (Wildman–Crippen LogP) is 2.11. The van der Waals surface area contributed by atoms with Crippen molar-refractivity contribution in [3.8, 4) is 0 Å². The van der Waals surface area contributed by atoms with Crippen molar-refractivity contribution >= 4 is 40.2 Å². The molecule has 5 nitrogen and oxygen atoms in total. The lowest BCUT2D eigenvalue weighted by atomic mass is 10.3. The van der Waals surface area contributed by atoms with Gasteiger partial charge in [0.15, 0.2) is 0 Å². The molecule has 0 fully saturated rings. The van der Waals surface area contributed by atoms with Crippen LogP contribution in [0.5, 0.6) is 0 Å². The van der Waals surface area contributed by atoms with Crippen LogP contribution in [0.25, 0.3) is 0 Å². The number of ether oxygens (including phenoxy) is 1. The van der Waals surface area contributed by atoms with Gasteiger partial charge in [0.05, 0.1) is 20.2 Å². The van der Waals surface area contributed by atoms with Crippen molar-refractivity contribution < 1.29 is 14.3 Å². The van der Waals surface area contributed by atoms with Crippen molar-refractivity contribution in [3.63, 3.8) is 0 Å². The van der Waals surface area contributed by atoms with E-state index in [9.17, 15) is 9.59 Å². The van der Waals surface area contributed by atoms with Crippen LogP contribution in [0.1, 0.15) is 13.8 Å². The van der Waals surface area contributed by atoms with Gasteiger partial charge in [-0.25, -0.2) is 0 Å². The second-order valence-electron chi connectivity index (χ2n) is 4.63. The number of anilines is 1. The van der Waals surface area contributed by atoms with E-state index in [2.05, 4.69) is 32.6 Å². The number of benzene rings is 1. The second-order valence-corrected chi connectivity index (χ2v) is 5.88. The molecule has 0 saturated heterocycles. The fourth-order valence-corrected chi connectivity index (χ4v) is 2.15. The number of nitrogens with zero attached hydrogens (tertiary/aromatic N) is 1. The molecule has 1 N–H and O–H groups in total. The zero-order chi connectivity index (χ0) is 15.1. The summed E-state index contributed by atoms with van der Waals surface area (Å²) in [6.07, 6.45) is 0. The van der Waals surface area contributed by atoms with Crippen molar-refractivity contribution in [2.45, 2.75) is 19.9 Å². The normalized spacial score (nSPS) is 10.7. The van der Waals surface area contributed by atoms with E-state index in [1.165, 1.54) is 7.11 Å². The van der Waals surface area contributed by atoms with Gasteiger partial charge >= 0.3 is 5.97 Å². The van der Waals surface area contributed by atoms with Gasteiger partial charge in [-0.05, 0) is 54.6 Å². The van der Waals surface area contributed by atoms with Gasteiger partial charge in [0.25, 0.3) is 0 Å². The molecule has 0 heterocycles. The van der Waals surface area contributed by atoms with Crippen molar-refractivity contribution in [2.24, 2.45) is 0 Å². The first kappa shape index (κ1) is 16.9. The first-order valence-electron chi connectivity index (χ1n) is 6.28. The minimum Gasteiger partial charge on any atom is -0.468 e. The van der Waals surface area contributed by atoms with Crippen molar-refractivity contribution in [3.05, 3.63) is 27.8 Å². The Labute approximate surface area is 132 Å². The van der Waals surface area contributed by atoms with Crippen LogP contribution < -0.4 is 5.32 Å². The summed E-state index contributed by atoms with van der Waals surface area (Å²) in [6.45, 7) is 4.12. The van der Waals surface area contributed by atoms with Gasteiger partial charge in [-0.15, -0.1) is 0 Å². The van der Waals surface area contributed by atoms with E-state index in [4.69, 9.17) is 0 Å². The van der Waals surface area contributed by atoms with Gasteiger partial charge in [-0.1, -0.05) is 6.07 Å².